The molecule has 1 heterocycles. The first-order valence-corrected chi connectivity index (χ1v) is 14.5. The van der Waals surface area contributed by atoms with Gasteiger partial charge in [0, 0.05) is 42.4 Å². The van der Waals surface area contributed by atoms with Crippen molar-refractivity contribution < 1.29 is 68.8 Å². The highest BCUT2D eigenvalue weighted by Crippen LogP contribution is 2.52. The van der Waals surface area contributed by atoms with Gasteiger partial charge in [-0.05, 0) is 13.0 Å². The van der Waals surface area contributed by atoms with Crippen LogP contribution in [-0.4, -0.2) is 104 Å². The fraction of sp³-hybridized carbons (Fsp3) is 0.452. The fourth-order valence-electron chi connectivity index (χ4n) is 6.36. The fourth-order valence-corrected chi connectivity index (χ4v) is 6.36. The maximum absolute atomic E-state index is 13.8. The first-order valence-electron chi connectivity index (χ1n) is 14.5. The Morgan fingerprint density at radius 2 is 1.76 bits per heavy atom. The second-order valence-electron chi connectivity index (χ2n) is 11.6. The van der Waals surface area contributed by atoms with E-state index in [-0.39, 0.29) is 40.8 Å². The Kier molecular flexibility index (Phi) is 8.90. The number of carbonyl (C=O) groups is 5. The van der Waals surface area contributed by atoms with Gasteiger partial charge < -0.3 is 50.2 Å². The van der Waals surface area contributed by atoms with Gasteiger partial charge >= 0.3 is 5.97 Å². The number of ether oxygens (including phenoxy) is 3. The minimum Gasteiger partial charge on any atom is -0.507 e. The van der Waals surface area contributed by atoms with Gasteiger partial charge in [0.25, 0.3) is 0 Å². The number of rotatable bonds is 9. The zero-order valence-electron chi connectivity index (χ0n) is 24.8. The monoisotopic (exact) mass is 643 g/mol. The number of ketones is 3. The molecule has 6 atom stereocenters. The van der Waals surface area contributed by atoms with E-state index in [1.54, 1.807) is 0 Å². The quantitative estimate of drug-likeness (QED) is 0.152. The van der Waals surface area contributed by atoms with E-state index < -0.39 is 114 Å². The van der Waals surface area contributed by atoms with Crippen molar-refractivity contribution in [1.29, 1.82) is 0 Å². The number of aromatic hydroxyl groups is 2. The molecule has 0 radical (unpaired) electrons. The van der Waals surface area contributed by atoms with Crippen LogP contribution in [0.2, 0.25) is 0 Å². The number of carbonyl (C=O) groups excluding carboxylic acids is 4. The van der Waals surface area contributed by atoms with Crippen molar-refractivity contribution in [2.45, 2.75) is 75.3 Å². The van der Waals surface area contributed by atoms with Crippen molar-refractivity contribution >= 4 is 29.2 Å². The zero-order chi connectivity index (χ0) is 33.7. The molecular weight excluding hydrogens is 610 g/mol. The van der Waals surface area contributed by atoms with Crippen molar-refractivity contribution in [3.05, 3.63) is 51.6 Å². The maximum atomic E-state index is 13.8. The molecule has 15 nitrogen and oxygen atoms in total. The molecular formula is C31H33NO14. The number of aliphatic hydroxyl groups is 3. The minimum atomic E-state index is -2.35. The van der Waals surface area contributed by atoms with Crippen LogP contribution < -0.4 is 10.1 Å². The molecule has 2 aliphatic carbocycles. The Balaban J connectivity index is 1.57. The molecule has 1 amide bonds. The van der Waals surface area contributed by atoms with E-state index in [1.807, 2.05) is 0 Å². The summed E-state index contributed by atoms with van der Waals surface area (Å²) in [6, 6.07) is 3.28. The first-order chi connectivity index (χ1) is 21.7. The van der Waals surface area contributed by atoms with Crippen molar-refractivity contribution in [3.8, 4) is 17.2 Å². The third-order valence-corrected chi connectivity index (χ3v) is 8.67. The van der Waals surface area contributed by atoms with E-state index in [0.29, 0.717) is 0 Å². The summed E-state index contributed by atoms with van der Waals surface area (Å²) >= 11 is 0. The number of benzene rings is 2. The SMILES string of the molecule is COc1cccc2c1C(=O)c1c(O)c3c(c(O)c1C2=O)C[C@@](O)(C(=O)CO)C[C@@H]3O[C@H]1C[C@H](NC(=O)CCC(=O)O)[C@@H](O)[C@H](C)O1. The lowest BCUT2D eigenvalue weighted by Gasteiger charge is -2.43. The minimum absolute atomic E-state index is 0.0495. The normalized spacial score (nSPS) is 26.8. The number of amides is 1. The molecule has 15 heteroatoms. The summed E-state index contributed by atoms with van der Waals surface area (Å²) in [5.74, 6) is -6.01. The number of phenols is 2. The predicted octanol–water partition coefficient (Wildman–Crippen LogP) is 0.0236. The number of Topliss-reactive ketones (excluding diaryl/α,β-unsaturated/α-hetero) is 1. The number of phenolic OH excluding ortho intramolecular Hbond substituents is 2. The smallest absolute Gasteiger partial charge is 0.303 e. The standard InChI is InChI=1S/C31H33NO14/c1-12-26(38)15(32-19(35)6-7-20(36)37)8-21(45-12)46-17-10-31(43,18(34)11-33)9-14-23(17)30(42)25-24(28(14)40)27(39)13-4-3-5-16(44-2)22(13)29(25)41/h3-5,12,15,17,21,26,33,38,40,42-43H,6-11H2,1-2H3,(H,32,35)(H,36,37)/t12-,15-,17-,21-,26-,31-/m0/s1. The molecule has 0 spiro atoms. The molecule has 0 unspecified atom stereocenters. The van der Waals surface area contributed by atoms with Gasteiger partial charge in [-0.15, -0.1) is 0 Å². The van der Waals surface area contributed by atoms with Crippen molar-refractivity contribution in [3.63, 3.8) is 0 Å². The van der Waals surface area contributed by atoms with Crippen LogP contribution >= 0.6 is 0 Å². The van der Waals surface area contributed by atoms with Gasteiger partial charge in [-0.25, -0.2) is 0 Å². The predicted molar refractivity (Wildman–Crippen MR) is 153 cm³/mol. The average Bonchev–Trinajstić information content (AvgIpc) is 3.01. The number of hydrogen-bond donors (Lipinski definition) is 7. The highest BCUT2D eigenvalue weighted by Gasteiger charge is 2.50. The summed E-state index contributed by atoms with van der Waals surface area (Å²) in [7, 11) is 1.29. The number of carboxylic acid groups (broad SMARTS) is 1. The van der Waals surface area contributed by atoms with Crippen LogP contribution in [0.3, 0.4) is 0 Å². The third-order valence-electron chi connectivity index (χ3n) is 8.67. The summed E-state index contributed by atoms with van der Waals surface area (Å²) in [6.45, 7) is 0.389. The molecule has 2 aromatic carbocycles. The van der Waals surface area contributed by atoms with E-state index in [2.05, 4.69) is 5.32 Å². The molecule has 1 saturated heterocycles. The van der Waals surface area contributed by atoms with Crippen molar-refractivity contribution in [1.82, 2.24) is 5.32 Å². The number of fused-ring (bicyclic) bond motifs is 3. The molecule has 5 rings (SSSR count). The zero-order valence-corrected chi connectivity index (χ0v) is 24.8. The van der Waals surface area contributed by atoms with Crippen LogP contribution in [0.25, 0.3) is 0 Å². The van der Waals surface area contributed by atoms with Gasteiger partial charge in [0.2, 0.25) is 11.7 Å². The molecule has 0 aromatic heterocycles. The summed E-state index contributed by atoms with van der Waals surface area (Å²) in [5, 5.41) is 66.1. The highest BCUT2D eigenvalue weighted by atomic mass is 16.7. The van der Waals surface area contributed by atoms with Crippen LogP contribution in [0, 0.1) is 0 Å². The van der Waals surface area contributed by atoms with Crippen LogP contribution in [0.1, 0.15) is 81.7 Å². The average molecular weight is 644 g/mol. The number of aliphatic carboxylic acids is 1. The van der Waals surface area contributed by atoms with Crippen molar-refractivity contribution in [2.75, 3.05) is 13.7 Å². The lowest BCUT2D eigenvalue weighted by atomic mass is 9.72. The van der Waals surface area contributed by atoms with Gasteiger partial charge in [-0.2, -0.15) is 0 Å². The molecule has 1 fully saturated rings. The number of carboxylic acids is 1. The first kappa shape index (κ1) is 33.0. The van der Waals surface area contributed by atoms with Gasteiger partial charge in [0.1, 0.15) is 35.6 Å². The molecule has 0 bridgehead atoms. The van der Waals surface area contributed by atoms with Gasteiger partial charge in [-0.3, -0.25) is 24.0 Å². The van der Waals surface area contributed by atoms with E-state index in [1.165, 1.54) is 32.2 Å². The van der Waals surface area contributed by atoms with E-state index in [0.717, 1.165) is 0 Å². The highest BCUT2D eigenvalue weighted by molar-refractivity contribution is 6.31. The number of methoxy groups -OCH3 is 1. The van der Waals surface area contributed by atoms with E-state index >= 15 is 0 Å². The van der Waals surface area contributed by atoms with E-state index in [9.17, 15) is 49.5 Å². The summed E-state index contributed by atoms with van der Waals surface area (Å²) in [6.07, 6.45) is -7.18. The Morgan fingerprint density at radius 1 is 1.07 bits per heavy atom. The molecule has 0 saturated carbocycles. The molecule has 3 aliphatic rings. The van der Waals surface area contributed by atoms with Gasteiger partial charge in [-0.1, -0.05) is 12.1 Å². The Labute approximate surface area is 261 Å². The van der Waals surface area contributed by atoms with Gasteiger partial charge in [0.05, 0.1) is 48.5 Å². The number of hydrogen-bond acceptors (Lipinski definition) is 13. The number of nitrogens with one attached hydrogen (secondary N) is 1. The Hall–Kier alpha value is -4.41. The van der Waals surface area contributed by atoms with E-state index in [4.69, 9.17) is 19.3 Å². The van der Waals surface area contributed by atoms with Gasteiger partial charge in [0.15, 0.2) is 17.9 Å². The summed E-state index contributed by atoms with van der Waals surface area (Å²) < 4.78 is 17.1. The molecule has 1 aliphatic heterocycles. The molecule has 2 aromatic rings. The summed E-state index contributed by atoms with van der Waals surface area (Å²) in [4.78, 5) is 63.4. The Morgan fingerprint density at radius 3 is 2.41 bits per heavy atom. The second kappa shape index (κ2) is 12.4. The summed E-state index contributed by atoms with van der Waals surface area (Å²) in [5.41, 5.74) is -4.16. The molecule has 46 heavy (non-hydrogen) atoms. The van der Waals surface area contributed by atoms with Crippen molar-refractivity contribution in [2.24, 2.45) is 0 Å². The second-order valence-corrected chi connectivity index (χ2v) is 11.6. The van der Waals surface area contributed by atoms with Crippen LogP contribution in [-0.2, 0) is 30.3 Å². The Bertz CT molecular complexity index is 1640. The topological polar surface area (TPSA) is 246 Å². The third kappa shape index (κ3) is 5.60. The van der Waals surface area contributed by atoms with Crippen LogP contribution in [0.4, 0.5) is 0 Å². The molecule has 7 N–H and O–H groups in total. The molecule has 246 valence electrons. The largest absolute Gasteiger partial charge is 0.507 e. The lowest BCUT2D eigenvalue weighted by molar-refractivity contribution is -0.249. The number of aliphatic hydroxyl groups excluding tert-OH is 2. The maximum Gasteiger partial charge on any atom is 0.303 e. The van der Waals surface area contributed by atoms with Crippen LogP contribution in [0.15, 0.2) is 18.2 Å². The van der Waals surface area contributed by atoms with Crippen LogP contribution in [0.5, 0.6) is 17.2 Å². The lowest BCUT2D eigenvalue weighted by Crippen LogP contribution is -2.55.